The summed E-state index contributed by atoms with van der Waals surface area (Å²) in [7, 11) is 0. The van der Waals surface area contributed by atoms with Gasteiger partial charge in [-0.15, -0.1) is 0 Å². The molecule has 2 amide bonds. The number of hydrogen-bond donors (Lipinski definition) is 0. The molecule has 1 aromatic carbocycles. The van der Waals surface area contributed by atoms with Crippen molar-refractivity contribution in [3.05, 3.63) is 82.4 Å². The lowest BCUT2D eigenvalue weighted by atomic mass is 9.85. The van der Waals surface area contributed by atoms with Crippen LogP contribution in [0.1, 0.15) is 28.8 Å². The minimum Gasteiger partial charge on any atom is -0.342 e. The zero-order valence-electron chi connectivity index (χ0n) is 17.2. The van der Waals surface area contributed by atoms with Gasteiger partial charge in [-0.25, -0.2) is 4.98 Å². The molecule has 2 fully saturated rings. The van der Waals surface area contributed by atoms with Gasteiger partial charge in [-0.1, -0.05) is 36.4 Å². The van der Waals surface area contributed by atoms with Gasteiger partial charge in [0.25, 0.3) is 11.5 Å². The number of fused-ring (bicyclic) bond motifs is 1. The summed E-state index contributed by atoms with van der Waals surface area (Å²) in [4.78, 5) is 46.9. The molecule has 0 radical (unpaired) electrons. The number of aromatic nitrogens is 2. The van der Waals surface area contributed by atoms with Gasteiger partial charge in [0.2, 0.25) is 5.91 Å². The lowest BCUT2D eigenvalue weighted by Gasteiger charge is -2.23. The Labute approximate surface area is 179 Å². The molecule has 3 aromatic rings. The van der Waals surface area contributed by atoms with E-state index in [4.69, 9.17) is 0 Å². The smallest absolute Gasteiger partial charge is 0.270 e. The first kappa shape index (κ1) is 19.5. The van der Waals surface area contributed by atoms with Crippen molar-refractivity contribution in [1.29, 1.82) is 0 Å². The van der Waals surface area contributed by atoms with E-state index >= 15 is 0 Å². The summed E-state index contributed by atoms with van der Waals surface area (Å²) in [6, 6.07) is 15.4. The number of amides is 2. The number of hydrogen-bond acceptors (Lipinski definition) is 4. The van der Waals surface area contributed by atoms with Crippen LogP contribution in [0.25, 0.3) is 5.65 Å². The molecular weight excluding hydrogens is 392 g/mol. The fourth-order valence-electron chi connectivity index (χ4n) is 4.78. The Morgan fingerprint density at radius 3 is 2.61 bits per heavy atom. The Balaban J connectivity index is 1.29. The third kappa shape index (κ3) is 3.40. The molecule has 4 heterocycles. The fourth-order valence-corrected chi connectivity index (χ4v) is 4.78. The van der Waals surface area contributed by atoms with E-state index in [-0.39, 0.29) is 22.9 Å². The van der Waals surface area contributed by atoms with E-state index < -0.39 is 5.41 Å². The molecular formula is C24H24N4O3. The largest absolute Gasteiger partial charge is 0.342 e. The van der Waals surface area contributed by atoms with E-state index in [1.807, 2.05) is 23.1 Å². The summed E-state index contributed by atoms with van der Waals surface area (Å²) < 4.78 is 1.38. The highest BCUT2D eigenvalue weighted by atomic mass is 16.2. The molecule has 31 heavy (non-hydrogen) atoms. The number of benzene rings is 1. The van der Waals surface area contributed by atoms with Gasteiger partial charge in [0, 0.05) is 38.6 Å². The molecule has 1 unspecified atom stereocenters. The van der Waals surface area contributed by atoms with Crippen molar-refractivity contribution >= 4 is 17.5 Å². The Bertz CT molecular complexity index is 1210. The van der Waals surface area contributed by atoms with Crippen LogP contribution in [0, 0.1) is 5.41 Å². The van der Waals surface area contributed by atoms with Gasteiger partial charge in [0.15, 0.2) is 0 Å². The van der Waals surface area contributed by atoms with Crippen molar-refractivity contribution in [2.45, 2.75) is 19.3 Å². The average Bonchev–Trinajstić information content (AvgIpc) is 3.38. The lowest BCUT2D eigenvalue weighted by molar-refractivity contribution is -0.135. The number of carbonyl (C=O) groups excluding carboxylic acids is 2. The number of likely N-dealkylation sites (tertiary alicyclic amines) is 2. The molecule has 2 saturated heterocycles. The van der Waals surface area contributed by atoms with E-state index in [1.165, 1.54) is 16.2 Å². The van der Waals surface area contributed by atoms with E-state index in [2.05, 4.69) is 17.1 Å². The van der Waals surface area contributed by atoms with Gasteiger partial charge in [-0.3, -0.25) is 18.8 Å². The van der Waals surface area contributed by atoms with Crippen LogP contribution in [-0.4, -0.2) is 57.2 Å². The Hall–Kier alpha value is -3.48. The monoisotopic (exact) mass is 416 g/mol. The summed E-state index contributed by atoms with van der Waals surface area (Å²) in [5, 5.41) is 0. The van der Waals surface area contributed by atoms with Gasteiger partial charge in [0.05, 0.1) is 5.41 Å². The van der Waals surface area contributed by atoms with Crippen molar-refractivity contribution in [2.24, 2.45) is 5.41 Å². The number of pyridine rings is 1. The van der Waals surface area contributed by atoms with Crippen molar-refractivity contribution in [3.63, 3.8) is 0 Å². The van der Waals surface area contributed by atoms with Crippen LogP contribution in [0.4, 0.5) is 0 Å². The maximum atomic E-state index is 13.2. The minimum absolute atomic E-state index is 0.0483. The topological polar surface area (TPSA) is 75.0 Å². The predicted octanol–water partition coefficient (Wildman–Crippen LogP) is 2.00. The van der Waals surface area contributed by atoms with Crippen molar-refractivity contribution in [2.75, 3.05) is 26.2 Å². The normalized spacial score (nSPS) is 20.8. The van der Waals surface area contributed by atoms with Crippen LogP contribution in [-0.2, 0) is 11.2 Å². The maximum absolute atomic E-state index is 13.2. The van der Waals surface area contributed by atoms with Crippen molar-refractivity contribution in [1.82, 2.24) is 19.2 Å². The molecule has 2 aliphatic rings. The van der Waals surface area contributed by atoms with Crippen LogP contribution in [0.5, 0.6) is 0 Å². The van der Waals surface area contributed by atoms with E-state index in [0.717, 1.165) is 12.8 Å². The molecule has 158 valence electrons. The second-order valence-corrected chi connectivity index (χ2v) is 8.44. The van der Waals surface area contributed by atoms with Gasteiger partial charge < -0.3 is 9.80 Å². The lowest BCUT2D eigenvalue weighted by Crippen LogP contribution is -2.40. The first-order chi connectivity index (χ1) is 15.1. The molecule has 5 rings (SSSR count). The molecule has 7 heteroatoms. The van der Waals surface area contributed by atoms with Crippen molar-refractivity contribution < 1.29 is 9.59 Å². The molecule has 0 saturated carbocycles. The summed E-state index contributed by atoms with van der Waals surface area (Å²) >= 11 is 0. The standard InChI is InChI=1S/C24H24N4O3/c29-21(19-16-25-20-8-4-5-12-28(20)22(19)30)27-15-11-24(17-27)10-14-26(23(24)31)13-9-18-6-2-1-3-7-18/h1-8,12,16H,9-11,13-15,17H2. The van der Waals surface area contributed by atoms with Crippen LogP contribution in [0.15, 0.2) is 65.7 Å². The van der Waals surface area contributed by atoms with Crippen molar-refractivity contribution in [3.8, 4) is 0 Å². The predicted molar refractivity (Wildman–Crippen MR) is 116 cm³/mol. The highest BCUT2D eigenvalue weighted by Gasteiger charge is 2.51. The second-order valence-electron chi connectivity index (χ2n) is 8.44. The highest BCUT2D eigenvalue weighted by Crippen LogP contribution is 2.41. The second kappa shape index (κ2) is 7.65. The number of rotatable bonds is 4. The van der Waals surface area contributed by atoms with Crippen LogP contribution in [0.2, 0.25) is 0 Å². The molecule has 2 aliphatic heterocycles. The zero-order chi connectivity index (χ0) is 21.4. The maximum Gasteiger partial charge on any atom is 0.270 e. The molecule has 0 aliphatic carbocycles. The summed E-state index contributed by atoms with van der Waals surface area (Å²) in [6.07, 6.45) is 5.18. The number of carbonyl (C=O) groups is 2. The first-order valence-corrected chi connectivity index (χ1v) is 10.7. The zero-order valence-corrected chi connectivity index (χ0v) is 17.2. The fraction of sp³-hybridized carbons (Fsp3) is 0.333. The van der Waals surface area contributed by atoms with Gasteiger partial charge in [0.1, 0.15) is 11.2 Å². The minimum atomic E-state index is -0.521. The molecule has 2 aromatic heterocycles. The van der Waals surface area contributed by atoms with Gasteiger partial charge >= 0.3 is 0 Å². The summed E-state index contributed by atoms with van der Waals surface area (Å²) in [5.74, 6) is -0.213. The Kier molecular flexibility index (Phi) is 4.81. The molecule has 1 atom stereocenters. The molecule has 0 bridgehead atoms. The summed E-state index contributed by atoms with van der Waals surface area (Å²) in [6.45, 7) is 2.25. The quantitative estimate of drug-likeness (QED) is 0.652. The molecule has 1 spiro atoms. The van der Waals surface area contributed by atoms with Crippen LogP contribution in [0.3, 0.4) is 0 Å². The SMILES string of the molecule is O=C(c1cnc2ccccn2c1=O)N1CCC2(CCN(CCc3ccccc3)C2=O)C1. The first-order valence-electron chi connectivity index (χ1n) is 10.7. The van der Waals surface area contributed by atoms with Gasteiger partial charge in [-0.2, -0.15) is 0 Å². The third-order valence-electron chi connectivity index (χ3n) is 6.60. The van der Waals surface area contributed by atoms with E-state index in [0.29, 0.717) is 38.2 Å². The Morgan fingerprint density at radius 2 is 1.77 bits per heavy atom. The average molecular weight is 416 g/mol. The molecule has 0 N–H and O–H groups in total. The highest BCUT2D eigenvalue weighted by molar-refractivity contribution is 5.95. The van der Waals surface area contributed by atoms with Crippen LogP contribution >= 0.6 is 0 Å². The van der Waals surface area contributed by atoms with E-state index in [9.17, 15) is 14.4 Å². The third-order valence-corrected chi connectivity index (χ3v) is 6.60. The van der Waals surface area contributed by atoms with Crippen LogP contribution < -0.4 is 5.56 Å². The number of nitrogens with zero attached hydrogens (tertiary/aromatic N) is 4. The van der Waals surface area contributed by atoms with E-state index in [1.54, 1.807) is 29.3 Å². The Morgan fingerprint density at radius 1 is 1.00 bits per heavy atom. The molecule has 7 nitrogen and oxygen atoms in total. The van der Waals surface area contributed by atoms with Gasteiger partial charge in [-0.05, 0) is 37.0 Å². The summed E-state index contributed by atoms with van der Waals surface area (Å²) in [5.41, 5.74) is 0.865.